The van der Waals surface area contributed by atoms with E-state index >= 15 is 4.39 Å². The number of alkyl halides is 1. The lowest BCUT2D eigenvalue weighted by Crippen LogP contribution is -2.44. The van der Waals surface area contributed by atoms with Crippen molar-refractivity contribution < 1.29 is 19.0 Å². The van der Waals surface area contributed by atoms with Crippen LogP contribution in [0.25, 0.3) is 11.1 Å². The van der Waals surface area contributed by atoms with Gasteiger partial charge in [0.15, 0.2) is 0 Å². The molecule has 224 valence electrons. The Kier molecular flexibility index (Phi) is 13.7. The lowest BCUT2D eigenvalue weighted by atomic mass is 9.73. The summed E-state index contributed by atoms with van der Waals surface area (Å²) in [5.41, 5.74) is 1.58. The fraction of sp³-hybridized carbons (Fsp3) is 0.611. The Hall–Kier alpha value is -2.87. The van der Waals surface area contributed by atoms with Crippen molar-refractivity contribution in [2.45, 2.75) is 122 Å². The van der Waals surface area contributed by atoms with Crippen LogP contribution in [0.5, 0.6) is 5.75 Å². The van der Waals surface area contributed by atoms with Gasteiger partial charge in [-0.3, -0.25) is 0 Å². The molecule has 3 rings (SSSR count). The number of nitrogens with zero attached hydrogens (tertiary/aromatic N) is 1. The van der Waals surface area contributed by atoms with Crippen molar-refractivity contribution in [3.8, 4) is 22.9 Å². The smallest absolute Gasteiger partial charge is 0.341 e. The molecule has 4 nitrogen and oxygen atoms in total. The summed E-state index contributed by atoms with van der Waals surface area (Å²) in [6.07, 6.45) is 15.3. The van der Waals surface area contributed by atoms with Gasteiger partial charge in [-0.05, 0) is 73.3 Å². The molecule has 1 unspecified atom stereocenters. The van der Waals surface area contributed by atoms with Crippen molar-refractivity contribution in [1.29, 1.82) is 5.26 Å². The van der Waals surface area contributed by atoms with E-state index in [0.717, 1.165) is 68.1 Å². The zero-order valence-electron chi connectivity index (χ0n) is 25.3. The van der Waals surface area contributed by atoms with Crippen LogP contribution >= 0.6 is 0 Å². The van der Waals surface area contributed by atoms with Gasteiger partial charge >= 0.3 is 5.97 Å². The van der Waals surface area contributed by atoms with Crippen LogP contribution in [0.2, 0.25) is 0 Å². The van der Waals surface area contributed by atoms with Crippen LogP contribution in [-0.2, 0) is 11.2 Å². The van der Waals surface area contributed by atoms with Gasteiger partial charge in [-0.15, -0.1) is 0 Å². The molecule has 0 spiro atoms. The van der Waals surface area contributed by atoms with E-state index in [1.54, 1.807) is 0 Å². The molecule has 0 aliphatic heterocycles. The largest absolute Gasteiger partial charge is 0.492 e. The summed E-state index contributed by atoms with van der Waals surface area (Å²) < 4.78 is 21.8. The second-order valence-electron chi connectivity index (χ2n) is 12.0. The summed E-state index contributed by atoms with van der Waals surface area (Å²) >= 11 is 0. The molecule has 1 aliphatic carbocycles. The van der Waals surface area contributed by atoms with Crippen LogP contribution in [-0.4, -0.2) is 23.4 Å². The maximum atomic E-state index is 15.8. The molecule has 0 heterocycles. The molecule has 1 N–H and O–H groups in total. The summed E-state index contributed by atoms with van der Waals surface area (Å²) in [6, 6.07) is 16.4. The van der Waals surface area contributed by atoms with Gasteiger partial charge in [0.05, 0.1) is 12.2 Å². The number of hydrogen-bond donors (Lipinski definition) is 1. The molecule has 2 aromatic carbocycles. The van der Waals surface area contributed by atoms with Crippen LogP contribution in [0.4, 0.5) is 4.39 Å². The lowest BCUT2D eigenvalue weighted by Gasteiger charge is -2.35. The molecule has 0 bridgehead atoms. The molecule has 0 amide bonds. The molecule has 1 saturated carbocycles. The molecule has 5 heteroatoms. The number of hydrogen-bond acceptors (Lipinski definition) is 3. The first-order chi connectivity index (χ1) is 19.9. The van der Waals surface area contributed by atoms with Crippen molar-refractivity contribution in [3.63, 3.8) is 0 Å². The molecule has 41 heavy (non-hydrogen) atoms. The van der Waals surface area contributed by atoms with E-state index in [4.69, 9.17) is 4.74 Å². The summed E-state index contributed by atoms with van der Waals surface area (Å²) in [5, 5.41) is 19.5. The van der Waals surface area contributed by atoms with E-state index < -0.39 is 11.6 Å². The van der Waals surface area contributed by atoms with Crippen molar-refractivity contribution >= 4 is 5.97 Å². The SMILES string of the molecule is CCCCCCCCCOc1ccc(-c2ccc(CCC(CC)C[C@@](F)(C(=O)O)C3CCCCC3)cc2)cc1C#N. The number of halogens is 1. The zero-order valence-corrected chi connectivity index (χ0v) is 25.3. The van der Waals surface area contributed by atoms with E-state index in [1.165, 1.54) is 32.1 Å². The molecule has 0 saturated heterocycles. The summed E-state index contributed by atoms with van der Waals surface area (Å²) in [7, 11) is 0. The maximum Gasteiger partial charge on any atom is 0.341 e. The predicted octanol–water partition coefficient (Wildman–Crippen LogP) is 10.1. The first kappa shape index (κ1) is 32.6. The van der Waals surface area contributed by atoms with Crippen LogP contribution in [0.1, 0.15) is 121 Å². The fourth-order valence-electron chi connectivity index (χ4n) is 6.26. The van der Waals surface area contributed by atoms with Crippen molar-refractivity contribution in [3.05, 3.63) is 53.6 Å². The average molecular weight is 564 g/mol. The lowest BCUT2D eigenvalue weighted by molar-refractivity contribution is -0.158. The van der Waals surface area contributed by atoms with Crippen LogP contribution in [0, 0.1) is 23.2 Å². The average Bonchev–Trinajstić information content (AvgIpc) is 3.01. The summed E-state index contributed by atoms with van der Waals surface area (Å²) in [6.45, 7) is 4.89. The Morgan fingerprint density at radius 3 is 2.29 bits per heavy atom. The van der Waals surface area contributed by atoms with Crippen LogP contribution < -0.4 is 4.74 Å². The normalized spacial score (nSPS) is 16.0. The van der Waals surface area contributed by atoms with Crippen LogP contribution in [0.3, 0.4) is 0 Å². The molecule has 2 aromatic rings. The van der Waals surface area contributed by atoms with Gasteiger partial charge < -0.3 is 9.84 Å². The number of aliphatic carboxylic acids is 1. The van der Waals surface area contributed by atoms with Gasteiger partial charge in [-0.2, -0.15) is 5.26 Å². The highest BCUT2D eigenvalue weighted by molar-refractivity contribution is 5.77. The molecule has 1 aliphatic rings. The van der Waals surface area contributed by atoms with E-state index in [1.807, 2.05) is 25.1 Å². The Bertz CT molecular complexity index is 1100. The topological polar surface area (TPSA) is 70.3 Å². The highest BCUT2D eigenvalue weighted by Crippen LogP contribution is 2.41. The number of benzene rings is 2. The number of unbranched alkanes of at least 4 members (excludes halogenated alkanes) is 6. The van der Waals surface area contributed by atoms with Crippen molar-refractivity contribution in [2.75, 3.05) is 6.61 Å². The van der Waals surface area contributed by atoms with Crippen LogP contribution in [0.15, 0.2) is 42.5 Å². The number of carbonyl (C=O) groups is 1. The van der Waals surface area contributed by atoms with Gasteiger partial charge in [0.2, 0.25) is 5.67 Å². The highest BCUT2D eigenvalue weighted by atomic mass is 19.1. The molecular weight excluding hydrogens is 513 g/mol. The third-order valence-corrected chi connectivity index (χ3v) is 9.00. The molecule has 0 radical (unpaired) electrons. The minimum Gasteiger partial charge on any atom is -0.492 e. The Balaban J connectivity index is 1.53. The summed E-state index contributed by atoms with van der Waals surface area (Å²) in [5.74, 6) is -0.969. The first-order valence-electron chi connectivity index (χ1n) is 16.1. The van der Waals surface area contributed by atoms with Gasteiger partial charge in [0, 0.05) is 5.92 Å². The third-order valence-electron chi connectivity index (χ3n) is 9.00. The Labute approximate surface area is 247 Å². The fourth-order valence-corrected chi connectivity index (χ4v) is 6.26. The summed E-state index contributed by atoms with van der Waals surface area (Å²) in [4.78, 5) is 12.0. The predicted molar refractivity (Wildman–Crippen MR) is 165 cm³/mol. The van der Waals surface area contributed by atoms with Gasteiger partial charge in [-0.25, -0.2) is 9.18 Å². The monoisotopic (exact) mass is 563 g/mol. The van der Waals surface area contributed by atoms with Gasteiger partial charge in [0.1, 0.15) is 11.8 Å². The molecular formula is C36H50FNO3. The second kappa shape index (κ2) is 17.2. The molecule has 2 atom stereocenters. The number of rotatable bonds is 18. The minimum absolute atomic E-state index is 0.0319. The van der Waals surface area contributed by atoms with Gasteiger partial charge in [0.25, 0.3) is 0 Å². The van der Waals surface area contributed by atoms with Gasteiger partial charge in [-0.1, -0.05) is 108 Å². The number of carboxylic acid groups (broad SMARTS) is 1. The second-order valence-corrected chi connectivity index (χ2v) is 12.0. The number of ether oxygens (including phenoxy) is 1. The highest BCUT2D eigenvalue weighted by Gasteiger charge is 2.47. The Morgan fingerprint density at radius 1 is 1.00 bits per heavy atom. The van der Waals surface area contributed by atoms with Crippen molar-refractivity contribution in [1.82, 2.24) is 0 Å². The number of nitriles is 1. The van der Waals surface area contributed by atoms with Crippen molar-refractivity contribution in [2.24, 2.45) is 11.8 Å². The quantitative estimate of drug-likeness (QED) is 0.183. The standard InChI is InChI=1S/C36H50FNO3/c1-3-5-6-7-8-9-13-24-41-34-23-22-31(25-32(34)27-38)30-20-18-29(19-21-30)17-16-28(4-2)26-36(37,35(39)40)33-14-11-10-12-15-33/h18-23,25,28,33H,3-17,24,26H2,1-2H3,(H,39,40)/t28?,36-/m0/s1. The van der Waals surface area contributed by atoms with E-state index in [-0.39, 0.29) is 18.3 Å². The molecule has 1 fully saturated rings. The van der Waals surface area contributed by atoms with E-state index in [9.17, 15) is 15.2 Å². The third kappa shape index (κ3) is 9.87. The Morgan fingerprint density at radius 2 is 1.66 bits per heavy atom. The number of carboxylic acids is 1. The first-order valence-corrected chi connectivity index (χ1v) is 16.1. The van der Waals surface area contributed by atoms with E-state index in [2.05, 4.69) is 37.3 Å². The number of aryl methyl sites for hydroxylation is 1. The minimum atomic E-state index is -2.12. The maximum absolute atomic E-state index is 15.8. The van der Waals surface area contributed by atoms with E-state index in [0.29, 0.717) is 30.8 Å². The zero-order chi connectivity index (χ0) is 29.5. The molecule has 0 aromatic heterocycles.